The summed E-state index contributed by atoms with van der Waals surface area (Å²) < 4.78 is 0. The molecular formula is C8H16O2. The van der Waals surface area contributed by atoms with E-state index in [1.807, 2.05) is 0 Å². The Labute approximate surface area is 62.2 Å². The van der Waals surface area contributed by atoms with Gasteiger partial charge in [-0.3, -0.25) is 0 Å². The molecule has 0 spiro atoms. The fourth-order valence-electron chi connectivity index (χ4n) is 0.802. The molecule has 0 saturated carbocycles. The van der Waals surface area contributed by atoms with Crippen molar-refractivity contribution < 1.29 is 10.2 Å². The third-order valence-corrected chi connectivity index (χ3v) is 1.55. The van der Waals surface area contributed by atoms with Gasteiger partial charge in [-0.15, -0.1) is 6.58 Å². The molecule has 1 atom stereocenters. The van der Waals surface area contributed by atoms with Gasteiger partial charge in [0, 0.05) is 13.2 Å². The fourth-order valence-corrected chi connectivity index (χ4v) is 0.802. The summed E-state index contributed by atoms with van der Waals surface area (Å²) in [6.45, 7) is 4.01. The van der Waals surface area contributed by atoms with Crippen LogP contribution in [-0.2, 0) is 0 Å². The minimum atomic E-state index is 0.176. The van der Waals surface area contributed by atoms with E-state index in [1.165, 1.54) is 0 Å². The Bertz CT molecular complexity index is 81.3. The van der Waals surface area contributed by atoms with Crippen LogP contribution in [-0.4, -0.2) is 23.4 Å². The van der Waals surface area contributed by atoms with E-state index >= 15 is 0 Å². The van der Waals surface area contributed by atoms with Gasteiger partial charge in [0.1, 0.15) is 0 Å². The lowest BCUT2D eigenvalue weighted by atomic mass is 10.0. The zero-order valence-electron chi connectivity index (χ0n) is 6.29. The molecule has 2 N–H and O–H groups in total. The third-order valence-electron chi connectivity index (χ3n) is 1.55. The molecule has 0 aromatic rings. The lowest BCUT2D eigenvalue weighted by Crippen LogP contribution is -2.01. The molecule has 0 unspecified atom stereocenters. The van der Waals surface area contributed by atoms with Crippen LogP contribution >= 0.6 is 0 Å². The molecule has 10 heavy (non-hydrogen) atoms. The first-order valence-corrected chi connectivity index (χ1v) is 3.69. The minimum absolute atomic E-state index is 0.176. The Balaban J connectivity index is 3.17. The Morgan fingerprint density at radius 2 is 2.00 bits per heavy atom. The maximum Gasteiger partial charge on any atom is 0.0493 e. The molecule has 0 aromatic heterocycles. The summed E-state index contributed by atoms with van der Waals surface area (Å²) in [7, 11) is 0. The summed E-state index contributed by atoms with van der Waals surface area (Å²) in [6, 6.07) is 0. The number of aliphatic hydroxyl groups is 2. The van der Waals surface area contributed by atoms with Crippen molar-refractivity contribution in [1.29, 1.82) is 0 Å². The normalized spacial score (nSPS) is 13.0. The first-order valence-electron chi connectivity index (χ1n) is 3.69. The highest BCUT2D eigenvalue weighted by Gasteiger charge is 1.99. The summed E-state index contributed by atoms with van der Waals surface area (Å²) in [5.74, 6) is 0.214. The highest BCUT2D eigenvalue weighted by Crippen LogP contribution is 2.07. The first kappa shape index (κ1) is 9.66. The third kappa shape index (κ3) is 4.53. The smallest absolute Gasteiger partial charge is 0.0493 e. The highest BCUT2D eigenvalue weighted by molar-refractivity contribution is 4.77. The summed E-state index contributed by atoms with van der Waals surface area (Å²) >= 11 is 0. The molecule has 0 aliphatic carbocycles. The summed E-state index contributed by atoms with van der Waals surface area (Å²) in [5.41, 5.74) is 0. The van der Waals surface area contributed by atoms with Gasteiger partial charge in [-0.25, -0.2) is 0 Å². The van der Waals surface area contributed by atoms with Crippen LogP contribution in [0.5, 0.6) is 0 Å². The zero-order chi connectivity index (χ0) is 7.82. The zero-order valence-corrected chi connectivity index (χ0v) is 6.29. The quantitative estimate of drug-likeness (QED) is 0.430. The van der Waals surface area contributed by atoms with Crippen LogP contribution in [0.2, 0.25) is 0 Å². The molecule has 0 amide bonds. The van der Waals surface area contributed by atoms with Crippen molar-refractivity contribution in [2.24, 2.45) is 5.92 Å². The molecule has 0 radical (unpaired) electrons. The van der Waals surface area contributed by atoms with Crippen LogP contribution in [0.4, 0.5) is 0 Å². The first-order chi connectivity index (χ1) is 4.85. The number of hydrogen-bond acceptors (Lipinski definition) is 2. The van der Waals surface area contributed by atoms with E-state index in [1.54, 1.807) is 6.08 Å². The fraction of sp³-hybridized carbons (Fsp3) is 0.750. The minimum Gasteiger partial charge on any atom is -0.396 e. The Kier molecular flexibility index (Phi) is 6.55. The Hall–Kier alpha value is -0.340. The van der Waals surface area contributed by atoms with Crippen molar-refractivity contribution in [3.05, 3.63) is 12.7 Å². The lowest BCUT2D eigenvalue weighted by molar-refractivity contribution is 0.235. The topological polar surface area (TPSA) is 40.5 Å². The Morgan fingerprint density at radius 1 is 1.30 bits per heavy atom. The molecule has 0 aromatic carbocycles. The number of aliphatic hydroxyl groups excluding tert-OH is 2. The predicted molar refractivity (Wildman–Crippen MR) is 41.7 cm³/mol. The van der Waals surface area contributed by atoms with Gasteiger partial charge in [0.15, 0.2) is 0 Å². The van der Waals surface area contributed by atoms with E-state index in [0.29, 0.717) is 0 Å². The molecular weight excluding hydrogens is 128 g/mol. The van der Waals surface area contributed by atoms with Crippen molar-refractivity contribution in [3.8, 4) is 0 Å². The van der Waals surface area contributed by atoms with Crippen molar-refractivity contribution in [2.45, 2.75) is 19.3 Å². The van der Waals surface area contributed by atoms with Gasteiger partial charge in [-0.2, -0.15) is 0 Å². The number of rotatable bonds is 6. The van der Waals surface area contributed by atoms with Crippen LogP contribution < -0.4 is 0 Å². The molecule has 0 saturated heterocycles. The molecule has 2 heteroatoms. The monoisotopic (exact) mass is 144 g/mol. The average Bonchev–Trinajstić information content (AvgIpc) is 1.99. The molecule has 0 aliphatic heterocycles. The summed E-state index contributed by atoms with van der Waals surface area (Å²) in [4.78, 5) is 0. The molecule has 2 nitrogen and oxygen atoms in total. The molecule has 0 rings (SSSR count). The van der Waals surface area contributed by atoms with Gasteiger partial charge >= 0.3 is 0 Å². The molecule has 0 bridgehead atoms. The van der Waals surface area contributed by atoms with Crippen molar-refractivity contribution in [2.75, 3.05) is 13.2 Å². The predicted octanol–water partition coefficient (Wildman–Crippen LogP) is 0.944. The second-order valence-corrected chi connectivity index (χ2v) is 2.40. The van der Waals surface area contributed by atoms with E-state index < -0.39 is 0 Å². The molecule has 0 heterocycles. The standard InChI is InChI=1S/C8H16O2/c1-2-8(7-10)5-3-4-6-9/h2,8-10H,1,3-7H2/t8-/m0/s1. The van der Waals surface area contributed by atoms with Crippen LogP contribution in [0.15, 0.2) is 12.7 Å². The van der Waals surface area contributed by atoms with Crippen molar-refractivity contribution >= 4 is 0 Å². The van der Waals surface area contributed by atoms with Crippen LogP contribution in [0, 0.1) is 5.92 Å². The van der Waals surface area contributed by atoms with Crippen molar-refractivity contribution in [3.63, 3.8) is 0 Å². The average molecular weight is 144 g/mol. The van der Waals surface area contributed by atoms with E-state index in [2.05, 4.69) is 6.58 Å². The van der Waals surface area contributed by atoms with E-state index in [-0.39, 0.29) is 19.1 Å². The van der Waals surface area contributed by atoms with Crippen LogP contribution in [0.25, 0.3) is 0 Å². The van der Waals surface area contributed by atoms with Gasteiger partial charge in [0.2, 0.25) is 0 Å². The second-order valence-electron chi connectivity index (χ2n) is 2.40. The highest BCUT2D eigenvalue weighted by atomic mass is 16.3. The Morgan fingerprint density at radius 3 is 2.40 bits per heavy atom. The van der Waals surface area contributed by atoms with Gasteiger partial charge in [-0.1, -0.05) is 12.5 Å². The van der Waals surface area contributed by atoms with Crippen LogP contribution in [0.3, 0.4) is 0 Å². The lowest BCUT2D eigenvalue weighted by Gasteiger charge is -2.06. The van der Waals surface area contributed by atoms with E-state index in [4.69, 9.17) is 10.2 Å². The van der Waals surface area contributed by atoms with Gasteiger partial charge in [-0.05, 0) is 18.8 Å². The summed E-state index contributed by atoms with van der Waals surface area (Å²) in [5, 5.41) is 17.1. The maximum atomic E-state index is 8.69. The maximum absolute atomic E-state index is 8.69. The van der Waals surface area contributed by atoms with Gasteiger partial charge in [0.25, 0.3) is 0 Å². The SMILES string of the molecule is C=C[C@H](CO)CCCCO. The van der Waals surface area contributed by atoms with Crippen LogP contribution in [0.1, 0.15) is 19.3 Å². The molecule has 0 aliphatic rings. The van der Waals surface area contributed by atoms with Crippen molar-refractivity contribution in [1.82, 2.24) is 0 Å². The summed E-state index contributed by atoms with van der Waals surface area (Å²) in [6.07, 6.45) is 4.48. The van der Waals surface area contributed by atoms with E-state index in [0.717, 1.165) is 19.3 Å². The number of hydrogen-bond donors (Lipinski definition) is 2. The van der Waals surface area contributed by atoms with Gasteiger partial charge < -0.3 is 10.2 Å². The second kappa shape index (κ2) is 6.78. The number of unbranched alkanes of at least 4 members (excludes halogenated alkanes) is 1. The largest absolute Gasteiger partial charge is 0.396 e. The molecule has 0 fully saturated rings. The molecule has 60 valence electrons. The van der Waals surface area contributed by atoms with E-state index in [9.17, 15) is 0 Å². The van der Waals surface area contributed by atoms with Gasteiger partial charge in [0.05, 0.1) is 0 Å².